The summed E-state index contributed by atoms with van der Waals surface area (Å²) in [4.78, 5) is 51.4. The normalized spacial score (nSPS) is 18.1. The maximum Gasteiger partial charge on any atom is 0.410 e. The minimum Gasteiger partial charge on any atom is -0.455 e. The molecule has 2 aliphatic heterocycles. The number of anilines is 2. The van der Waals surface area contributed by atoms with Gasteiger partial charge in [-0.1, -0.05) is 43.2 Å². The zero-order chi connectivity index (χ0) is 48.4. The smallest absolute Gasteiger partial charge is 0.410 e. The maximum atomic E-state index is 14.0. The average molecular weight is 970 g/mol. The number of aromatic nitrogens is 2. The number of amides is 2. The molecule has 19 heteroatoms. The van der Waals surface area contributed by atoms with Crippen LogP contribution in [0.4, 0.5) is 21.9 Å². The zero-order valence-electron chi connectivity index (χ0n) is 38.8. The van der Waals surface area contributed by atoms with Gasteiger partial charge in [0.25, 0.3) is 21.6 Å². The Morgan fingerprint density at radius 3 is 2.51 bits per heavy atom. The third-order valence-corrected chi connectivity index (χ3v) is 13.9. The third kappa shape index (κ3) is 11.7. The molecule has 68 heavy (non-hydrogen) atoms. The van der Waals surface area contributed by atoms with Gasteiger partial charge in [0.15, 0.2) is 0 Å². The molecule has 2 saturated heterocycles. The lowest BCUT2D eigenvalue weighted by molar-refractivity contribution is -0.384. The van der Waals surface area contributed by atoms with Crippen LogP contribution in [0.25, 0.3) is 16.6 Å². The number of hydrogen-bond donors (Lipinski definition) is 3. The number of allylic oxidation sites excluding steroid dienone is 1. The van der Waals surface area contributed by atoms with Crippen LogP contribution in [0.1, 0.15) is 69.8 Å². The van der Waals surface area contributed by atoms with E-state index < -0.39 is 49.2 Å². The van der Waals surface area contributed by atoms with E-state index in [1.807, 2.05) is 18.2 Å². The fraction of sp³-hybridized carbons (Fsp3) is 0.408. The lowest BCUT2D eigenvalue weighted by Crippen LogP contribution is -2.49. The van der Waals surface area contributed by atoms with E-state index in [0.29, 0.717) is 31.0 Å². The summed E-state index contributed by atoms with van der Waals surface area (Å²) >= 11 is 6.25. The molecule has 1 atom stereocenters. The second-order valence-electron chi connectivity index (χ2n) is 19.2. The van der Waals surface area contributed by atoms with Crippen molar-refractivity contribution >= 4 is 67.3 Å². The summed E-state index contributed by atoms with van der Waals surface area (Å²) in [5.74, 6) is -0.579. The number of pyridine rings is 1. The summed E-state index contributed by atoms with van der Waals surface area (Å²) < 4.78 is 47.3. The Balaban J connectivity index is 0.975. The molecule has 0 spiro atoms. The maximum absolute atomic E-state index is 14.0. The van der Waals surface area contributed by atoms with Gasteiger partial charge in [-0.2, -0.15) is 0 Å². The van der Waals surface area contributed by atoms with Crippen LogP contribution in [0.5, 0.6) is 11.5 Å². The van der Waals surface area contributed by atoms with Crippen LogP contribution >= 0.6 is 11.6 Å². The first-order valence-corrected chi connectivity index (χ1v) is 24.5. The molecule has 360 valence electrons. The fourth-order valence-electron chi connectivity index (χ4n) is 8.75. The summed E-state index contributed by atoms with van der Waals surface area (Å²) in [5, 5.41) is 16.7. The van der Waals surface area contributed by atoms with Gasteiger partial charge in [0, 0.05) is 80.2 Å². The number of nitrogens with zero attached hydrogens (tertiary/aromatic N) is 5. The van der Waals surface area contributed by atoms with E-state index in [0.717, 1.165) is 61.1 Å². The molecule has 2 aromatic heterocycles. The Kier molecular flexibility index (Phi) is 14.0. The molecular formula is C49H57ClN8O9S. The van der Waals surface area contributed by atoms with Crippen molar-refractivity contribution in [1.82, 2.24) is 24.5 Å². The number of benzene rings is 3. The molecule has 3 aromatic carbocycles. The molecule has 3 N–H and O–H groups in total. The summed E-state index contributed by atoms with van der Waals surface area (Å²) in [6.07, 6.45) is 5.38. The monoisotopic (exact) mass is 968 g/mol. The number of sulfonamides is 1. The van der Waals surface area contributed by atoms with Crippen molar-refractivity contribution in [3.05, 3.63) is 117 Å². The predicted molar refractivity (Wildman–Crippen MR) is 261 cm³/mol. The Morgan fingerprint density at radius 1 is 1.01 bits per heavy atom. The van der Waals surface area contributed by atoms with Crippen molar-refractivity contribution < 1.29 is 37.1 Å². The van der Waals surface area contributed by atoms with Crippen molar-refractivity contribution in [3.63, 3.8) is 0 Å². The molecule has 0 radical (unpaired) electrons. The Morgan fingerprint density at radius 2 is 1.78 bits per heavy atom. The van der Waals surface area contributed by atoms with E-state index in [4.69, 9.17) is 25.8 Å². The van der Waals surface area contributed by atoms with Gasteiger partial charge in [-0.25, -0.2) is 22.9 Å². The van der Waals surface area contributed by atoms with Crippen LogP contribution in [0.2, 0.25) is 5.02 Å². The van der Waals surface area contributed by atoms with Gasteiger partial charge < -0.3 is 34.3 Å². The van der Waals surface area contributed by atoms with Crippen LogP contribution in [-0.2, 0) is 19.5 Å². The van der Waals surface area contributed by atoms with Crippen LogP contribution in [-0.4, -0.2) is 116 Å². The molecule has 3 aliphatic rings. The van der Waals surface area contributed by atoms with E-state index in [9.17, 15) is 28.1 Å². The van der Waals surface area contributed by atoms with Crippen LogP contribution in [0.3, 0.4) is 0 Å². The third-order valence-electron chi connectivity index (χ3n) is 12.4. The number of piperazine rings is 1. The lowest BCUT2D eigenvalue weighted by atomic mass is 9.72. The molecule has 1 aliphatic carbocycles. The van der Waals surface area contributed by atoms with Gasteiger partial charge in [-0.05, 0) is 105 Å². The number of aromatic amines is 1. The minimum atomic E-state index is -4.65. The molecule has 0 saturated carbocycles. The number of nitro groups is 1. The van der Waals surface area contributed by atoms with E-state index >= 15 is 0 Å². The summed E-state index contributed by atoms with van der Waals surface area (Å²) in [7, 11) is -4.65. The molecule has 2 fully saturated rings. The van der Waals surface area contributed by atoms with Gasteiger partial charge in [-0.15, -0.1) is 0 Å². The fourth-order valence-corrected chi connectivity index (χ4v) is 9.87. The molecule has 2 amide bonds. The van der Waals surface area contributed by atoms with Gasteiger partial charge in [0.05, 0.1) is 40.8 Å². The highest BCUT2D eigenvalue weighted by Gasteiger charge is 2.32. The molecule has 0 bridgehead atoms. The molecular weight excluding hydrogens is 912 g/mol. The lowest BCUT2D eigenvalue weighted by Gasteiger charge is -2.39. The minimum absolute atomic E-state index is 0.0242. The van der Waals surface area contributed by atoms with Crippen molar-refractivity contribution in [1.29, 1.82) is 0 Å². The number of halogens is 1. The number of hydrogen-bond acceptors (Lipinski definition) is 13. The molecule has 1 unspecified atom stereocenters. The highest BCUT2D eigenvalue weighted by Crippen LogP contribution is 2.43. The van der Waals surface area contributed by atoms with Gasteiger partial charge >= 0.3 is 6.09 Å². The Bertz CT molecular complexity index is 2840. The van der Waals surface area contributed by atoms with Crippen molar-refractivity contribution in [3.8, 4) is 11.5 Å². The Hall–Kier alpha value is -6.21. The SMILES string of the molecule is CC1(C)CCC(CN2CCN(c3ccc(C(=O)NS(=O)(=O)c4ccc(NCC5CN(C(=O)OC(C)(C)C)CCO5)c([N+](=O)[O-])c4)c(Oc4cnc5[nH]ccc5c4)c3)CC2)=C(c2ccc(Cl)cc2)C1. The highest BCUT2D eigenvalue weighted by atomic mass is 35.5. The number of carbonyl (C=O) groups is 2. The van der Waals surface area contributed by atoms with Crippen molar-refractivity contribution in [2.45, 2.75) is 70.5 Å². The quantitative estimate of drug-likeness (QED) is 0.0747. The van der Waals surface area contributed by atoms with E-state index in [1.165, 1.54) is 46.0 Å². The average Bonchev–Trinajstić information content (AvgIpc) is 3.77. The summed E-state index contributed by atoms with van der Waals surface area (Å²) in [6.45, 7) is 14.6. The van der Waals surface area contributed by atoms with Crippen LogP contribution in [0, 0.1) is 15.5 Å². The van der Waals surface area contributed by atoms with E-state index in [2.05, 4.69) is 55.8 Å². The number of rotatable bonds is 13. The second kappa shape index (κ2) is 19.8. The highest BCUT2D eigenvalue weighted by molar-refractivity contribution is 7.90. The van der Waals surface area contributed by atoms with Crippen molar-refractivity contribution in [2.24, 2.45) is 5.41 Å². The van der Waals surface area contributed by atoms with Gasteiger partial charge in [-0.3, -0.25) is 19.8 Å². The number of morpholine rings is 1. The molecule has 5 aromatic rings. The first-order valence-electron chi connectivity index (χ1n) is 22.7. The van der Waals surface area contributed by atoms with Crippen molar-refractivity contribution in [2.75, 3.05) is 69.2 Å². The first-order chi connectivity index (χ1) is 32.3. The van der Waals surface area contributed by atoms with Crippen LogP contribution < -0.4 is 19.7 Å². The van der Waals surface area contributed by atoms with Gasteiger partial charge in [0.1, 0.15) is 28.4 Å². The topological polar surface area (TPSA) is 202 Å². The predicted octanol–water partition coefficient (Wildman–Crippen LogP) is 8.87. The second-order valence-corrected chi connectivity index (χ2v) is 21.4. The first kappa shape index (κ1) is 48.3. The molecule has 17 nitrogen and oxygen atoms in total. The number of carbonyl (C=O) groups excluding carboxylic acids is 2. The van der Waals surface area contributed by atoms with E-state index in [1.54, 1.807) is 45.2 Å². The molecule has 4 heterocycles. The largest absolute Gasteiger partial charge is 0.455 e. The van der Waals surface area contributed by atoms with E-state index in [-0.39, 0.29) is 42.1 Å². The number of H-pyrrole nitrogens is 1. The van der Waals surface area contributed by atoms with Crippen LogP contribution in [0.15, 0.2) is 95.7 Å². The standard InChI is InChI=1S/C49H57ClN8O9S/c1-48(2,3)67-47(60)57-22-23-65-38(31-57)29-52-42-13-11-39(26-43(42)58(61)62)68(63,64)54-46(59)40-12-10-36(25-44(40)66-37-24-33-15-17-51-45(33)53-28-37)56-20-18-55(19-21-56)30-34-14-16-49(4,5)27-41(34)32-6-8-35(50)9-7-32/h6-13,15,17,24-26,28,38,52H,14,16,18-23,27,29-31H2,1-5H3,(H,51,53)(H,54,59). The molecule has 8 rings (SSSR count). The summed E-state index contributed by atoms with van der Waals surface area (Å²) in [6, 6.07) is 20.0. The Labute approximate surface area is 401 Å². The number of nitrogens with one attached hydrogen (secondary N) is 3. The number of fused-ring (bicyclic) bond motifs is 1. The number of nitro benzene ring substituents is 1. The summed E-state index contributed by atoms with van der Waals surface area (Å²) in [5.41, 5.74) is 4.43. The van der Waals surface area contributed by atoms with Gasteiger partial charge in [0.2, 0.25) is 0 Å². The number of ether oxygens (including phenoxy) is 3. The zero-order valence-corrected chi connectivity index (χ0v) is 40.4.